The number of nitrogens with two attached hydrogens (primary N) is 1. The van der Waals surface area contributed by atoms with Gasteiger partial charge in [0.1, 0.15) is 6.79 Å². The van der Waals surface area contributed by atoms with E-state index in [1.807, 2.05) is 0 Å². The fraction of sp³-hybridized carbons (Fsp3) is 1.00. The zero-order valence-corrected chi connectivity index (χ0v) is 10.1. The second-order valence-electron chi connectivity index (χ2n) is 4.67. The first-order chi connectivity index (χ1) is 7.26. The van der Waals surface area contributed by atoms with Crippen molar-refractivity contribution in [3.8, 4) is 0 Å². The molecule has 1 saturated carbocycles. The second kappa shape index (κ2) is 6.46. The van der Waals surface area contributed by atoms with E-state index in [9.17, 15) is 0 Å². The van der Waals surface area contributed by atoms with Gasteiger partial charge in [0.05, 0.1) is 5.60 Å². The van der Waals surface area contributed by atoms with Gasteiger partial charge in [0, 0.05) is 13.7 Å². The van der Waals surface area contributed by atoms with Crippen LogP contribution in [0.5, 0.6) is 0 Å². The molecule has 0 spiro atoms. The first-order valence-corrected chi connectivity index (χ1v) is 6.09. The smallest absolute Gasteiger partial charge is 0.147 e. The van der Waals surface area contributed by atoms with Crippen LogP contribution in [0, 0.1) is 5.92 Å². The van der Waals surface area contributed by atoms with Gasteiger partial charge in [0.15, 0.2) is 0 Å². The van der Waals surface area contributed by atoms with Gasteiger partial charge < -0.3 is 15.2 Å². The maximum atomic E-state index is 5.82. The Morgan fingerprint density at radius 1 is 1.33 bits per heavy atom. The van der Waals surface area contributed by atoms with Gasteiger partial charge in [-0.05, 0) is 31.6 Å². The van der Waals surface area contributed by atoms with Gasteiger partial charge in [0.2, 0.25) is 0 Å². The van der Waals surface area contributed by atoms with Gasteiger partial charge >= 0.3 is 0 Å². The Balaban J connectivity index is 2.36. The summed E-state index contributed by atoms with van der Waals surface area (Å²) in [5.41, 5.74) is 5.72. The Morgan fingerprint density at radius 2 is 2.00 bits per heavy atom. The summed E-state index contributed by atoms with van der Waals surface area (Å²) in [6, 6.07) is 0. The van der Waals surface area contributed by atoms with Gasteiger partial charge in [-0.1, -0.05) is 19.8 Å². The predicted octanol–water partition coefficient (Wildman–Crippen LogP) is 2.29. The van der Waals surface area contributed by atoms with Crippen LogP contribution in [0.25, 0.3) is 0 Å². The molecule has 3 nitrogen and oxygen atoms in total. The molecule has 0 unspecified atom stereocenters. The molecule has 3 heteroatoms. The highest BCUT2D eigenvalue weighted by molar-refractivity contribution is 4.87. The molecule has 1 rings (SSSR count). The molecular formula is C12H25NO2. The molecule has 0 radical (unpaired) electrons. The minimum Gasteiger partial charge on any atom is -0.359 e. The quantitative estimate of drug-likeness (QED) is 0.691. The molecule has 1 fully saturated rings. The molecule has 1 aliphatic rings. The van der Waals surface area contributed by atoms with Crippen molar-refractivity contribution >= 4 is 0 Å². The summed E-state index contributed by atoms with van der Waals surface area (Å²) in [5, 5.41) is 0. The van der Waals surface area contributed by atoms with Crippen LogP contribution in [-0.4, -0.2) is 26.0 Å². The van der Waals surface area contributed by atoms with E-state index in [-0.39, 0.29) is 5.60 Å². The molecule has 0 aromatic carbocycles. The minimum absolute atomic E-state index is 0.0970. The van der Waals surface area contributed by atoms with Crippen molar-refractivity contribution in [1.82, 2.24) is 0 Å². The average molecular weight is 215 g/mol. The molecule has 0 aliphatic heterocycles. The second-order valence-corrected chi connectivity index (χ2v) is 4.67. The third-order valence-corrected chi connectivity index (χ3v) is 3.57. The minimum atomic E-state index is -0.0970. The maximum Gasteiger partial charge on any atom is 0.147 e. The molecule has 90 valence electrons. The summed E-state index contributed by atoms with van der Waals surface area (Å²) in [6.07, 6.45) is 7.35. The monoisotopic (exact) mass is 215 g/mol. The highest BCUT2D eigenvalue weighted by Crippen LogP contribution is 2.36. The molecule has 2 N–H and O–H groups in total. The highest BCUT2D eigenvalue weighted by Gasteiger charge is 2.34. The molecular weight excluding hydrogens is 190 g/mol. The predicted molar refractivity (Wildman–Crippen MR) is 61.6 cm³/mol. The molecule has 0 aromatic rings. The first kappa shape index (κ1) is 12.9. The zero-order chi connectivity index (χ0) is 11.1. The van der Waals surface area contributed by atoms with Gasteiger partial charge in [-0.25, -0.2) is 0 Å². The largest absolute Gasteiger partial charge is 0.359 e. The summed E-state index contributed by atoms with van der Waals surface area (Å²) in [7, 11) is 1.66. The number of ether oxygens (including phenoxy) is 2. The number of methoxy groups -OCH3 is 1. The lowest BCUT2D eigenvalue weighted by Gasteiger charge is -2.39. The van der Waals surface area contributed by atoms with Crippen LogP contribution < -0.4 is 5.73 Å². The molecule has 1 aliphatic carbocycles. The van der Waals surface area contributed by atoms with E-state index < -0.39 is 0 Å². The van der Waals surface area contributed by atoms with Crippen LogP contribution in [0.4, 0.5) is 0 Å². The van der Waals surface area contributed by atoms with Gasteiger partial charge in [0.25, 0.3) is 0 Å². The Labute approximate surface area is 93.3 Å². The zero-order valence-electron chi connectivity index (χ0n) is 10.1. The molecule has 0 amide bonds. The number of hydrogen-bond acceptors (Lipinski definition) is 3. The number of hydrogen-bond donors (Lipinski definition) is 1. The fourth-order valence-corrected chi connectivity index (χ4v) is 2.49. The lowest BCUT2D eigenvalue weighted by atomic mass is 9.77. The fourth-order valence-electron chi connectivity index (χ4n) is 2.49. The van der Waals surface area contributed by atoms with Crippen molar-refractivity contribution in [3.63, 3.8) is 0 Å². The maximum absolute atomic E-state index is 5.82. The third kappa shape index (κ3) is 3.74. The molecule has 15 heavy (non-hydrogen) atoms. The average Bonchev–Trinajstić information content (AvgIpc) is 2.29. The topological polar surface area (TPSA) is 44.5 Å². The van der Waals surface area contributed by atoms with Crippen LogP contribution >= 0.6 is 0 Å². The van der Waals surface area contributed by atoms with Crippen LogP contribution in [0.1, 0.15) is 45.4 Å². The SMILES string of the molecule is CCCC1CCC(CN)(OCOC)CC1. The van der Waals surface area contributed by atoms with E-state index in [0.717, 1.165) is 18.8 Å². The van der Waals surface area contributed by atoms with Gasteiger partial charge in [-0.3, -0.25) is 0 Å². The molecule has 0 aromatic heterocycles. The van der Waals surface area contributed by atoms with Crippen molar-refractivity contribution in [3.05, 3.63) is 0 Å². The lowest BCUT2D eigenvalue weighted by Crippen LogP contribution is -2.44. The summed E-state index contributed by atoms with van der Waals surface area (Å²) < 4.78 is 10.7. The highest BCUT2D eigenvalue weighted by atomic mass is 16.7. The molecule has 0 saturated heterocycles. The molecule has 0 bridgehead atoms. The Bertz CT molecular complexity index is 165. The van der Waals surface area contributed by atoms with Crippen LogP contribution in [0.2, 0.25) is 0 Å². The van der Waals surface area contributed by atoms with Crippen molar-refractivity contribution in [2.75, 3.05) is 20.4 Å². The van der Waals surface area contributed by atoms with Crippen molar-refractivity contribution < 1.29 is 9.47 Å². The van der Waals surface area contributed by atoms with Crippen LogP contribution in [0.15, 0.2) is 0 Å². The van der Waals surface area contributed by atoms with E-state index >= 15 is 0 Å². The summed E-state index contributed by atoms with van der Waals surface area (Å²) in [6.45, 7) is 3.25. The summed E-state index contributed by atoms with van der Waals surface area (Å²) in [5.74, 6) is 0.890. The summed E-state index contributed by atoms with van der Waals surface area (Å²) in [4.78, 5) is 0. The van der Waals surface area contributed by atoms with E-state index in [4.69, 9.17) is 15.2 Å². The van der Waals surface area contributed by atoms with Crippen LogP contribution in [0.3, 0.4) is 0 Å². The van der Waals surface area contributed by atoms with Crippen LogP contribution in [-0.2, 0) is 9.47 Å². The number of rotatable bonds is 6. The third-order valence-electron chi connectivity index (χ3n) is 3.57. The van der Waals surface area contributed by atoms with E-state index in [2.05, 4.69) is 6.92 Å². The van der Waals surface area contributed by atoms with Gasteiger partial charge in [-0.2, -0.15) is 0 Å². The first-order valence-electron chi connectivity index (χ1n) is 6.09. The molecule has 0 heterocycles. The Morgan fingerprint density at radius 3 is 2.47 bits per heavy atom. The van der Waals surface area contributed by atoms with Gasteiger partial charge in [-0.15, -0.1) is 0 Å². The van der Waals surface area contributed by atoms with Crippen molar-refractivity contribution in [2.45, 2.75) is 51.0 Å². The van der Waals surface area contributed by atoms with Crippen molar-refractivity contribution in [1.29, 1.82) is 0 Å². The lowest BCUT2D eigenvalue weighted by molar-refractivity contribution is -0.144. The standard InChI is InChI=1S/C12H25NO2/c1-3-4-11-5-7-12(9-13,8-6-11)15-10-14-2/h11H,3-10,13H2,1-2H3. The Hall–Kier alpha value is -0.120. The normalized spacial score (nSPS) is 31.8. The van der Waals surface area contributed by atoms with Crippen molar-refractivity contribution in [2.24, 2.45) is 11.7 Å². The van der Waals surface area contributed by atoms with E-state index in [0.29, 0.717) is 13.3 Å². The van der Waals surface area contributed by atoms with E-state index in [1.54, 1.807) is 7.11 Å². The Kier molecular flexibility index (Phi) is 5.58. The summed E-state index contributed by atoms with van der Waals surface area (Å²) >= 11 is 0. The molecule has 0 atom stereocenters. The van der Waals surface area contributed by atoms with E-state index in [1.165, 1.54) is 25.7 Å².